The van der Waals surface area contributed by atoms with Gasteiger partial charge in [0.15, 0.2) is 0 Å². The van der Waals surface area contributed by atoms with E-state index < -0.39 is 0 Å². The van der Waals surface area contributed by atoms with E-state index in [1.54, 1.807) is 0 Å². The van der Waals surface area contributed by atoms with Crippen molar-refractivity contribution in [3.8, 4) is 0 Å². The van der Waals surface area contributed by atoms with Crippen molar-refractivity contribution >= 4 is 34.0 Å². The van der Waals surface area contributed by atoms with E-state index in [2.05, 4.69) is 28.3 Å². The molecule has 0 bridgehead atoms. The Morgan fingerprint density at radius 2 is 2.33 bits per heavy atom. The fraction of sp³-hybridized carbons (Fsp3) is 0.312. The van der Waals surface area contributed by atoms with Gasteiger partial charge in [-0.3, -0.25) is 0 Å². The topological polar surface area (TPSA) is 29.9 Å². The van der Waals surface area contributed by atoms with Crippen molar-refractivity contribution in [1.29, 1.82) is 0 Å². The third-order valence-electron chi connectivity index (χ3n) is 4.11. The summed E-state index contributed by atoms with van der Waals surface area (Å²) in [4.78, 5) is 6.35. The summed E-state index contributed by atoms with van der Waals surface area (Å²) in [5, 5.41) is 6.56. The molecule has 0 saturated carbocycles. The molecule has 1 N–H and O–H groups in total. The van der Waals surface area contributed by atoms with E-state index in [4.69, 9.17) is 16.6 Å². The molecule has 1 aromatic carbocycles. The summed E-state index contributed by atoms with van der Waals surface area (Å²) in [5.74, 6) is 1.09. The lowest BCUT2D eigenvalue weighted by Gasteiger charge is -2.24. The molecule has 0 radical (unpaired) electrons. The minimum atomic E-state index is 0.186. The highest BCUT2D eigenvalue weighted by molar-refractivity contribution is 7.10. The van der Waals surface area contributed by atoms with Crippen LogP contribution in [0.2, 0.25) is 5.02 Å². The molecule has 1 aliphatic rings. The molecule has 0 spiro atoms. The highest BCUT2D eigenvalue weighted by atomic mass is 35.5. The average Bonchev–Trinajstić information content (AvgIpc) is 3.10. The van der Waals surface area contributed by atoms with Gasteiger partial charge in [-0.15, -0.1) is 11.3 Å². The van der Waals surface area contributed by atoms with Gasteiger partial charge in [-0.05, 0) is 48.6 Å². The fourth-order valence-electron chi connectivity index (χ4n) is 3.15. The third kappa shape index (κ3) is 2.09. The van der Waals surface area contributed by atoms with Crippen molar-refractivity contribution in [3.63, 3.8) is 0 Å². The highest BCUT2D eigenvalue weighted by Crippen LogP contribution is 2.33. The van der Waals surface area contributed by atoms with Gasteiger partial charge in [0.1, 0.15) is 5.82 Å². The van der Waals surface area contributed by atoms with Crippen LogP contribution in [0.25, 0.3) is 11.0 Å². The van der Waals surface area contributed by atoms with Crippen LogP contribution in [0, 0.1) is 0 Å². The average molecular weight is 318 g/mol. The van der Waals surface area contributed by atoms with Crippen molar-refractivity contribution in [3.05, 3.63) is 50.9 Å². The van der Waals surface area contributed by atoms with Crippen molar-refractivity contribution in [2.45, 2.75) is 25.9 Å². The number of nitrogens with zero attached hydrogens (tertiary/aromatic N) is 2. The van der Waals surface area contributed by atoms with Crippen LogP contribution in [0.3, 0.4) is 0 Å². The first kappa shape index (κ1) is 13.3. The number of benzene rings is 1. The van der Waals surface area contributed by atoms with Crippen LogP contribution in [0.4, 0.5) is 0 Å². The number of rotatable bonds is 2. The summed E-state index contributed by atoms with van der Waals surface area (Å²) < 4.78 is 2.27. The van der Waals surface area contributed by atoms with Crippen molar-refractivity contribution in [2.24, 2.45) is 0 Å². The first-order valence-corrected chi connectivity index (χ1v) is 8.49. The molecular formula is C16H16ClN3S. The Kier molecular flexibility index (Phi) is 3.25. The number of aryl methyl sites for hydroxylation is 1. The van der Waals surface area contributed by atoms with Crippen molar-refractivity contribution < 1.29 is 0 Å². The van der Waals surface area contributed by atoms with Gasteiger partial charge in [-0.25, -0.2) is 4.98 Å². The molecule has 5 heteroatoms. The van der Waals surface area contributed by atoms with Gasteiger partial charge in [-0.2, -0.15) is 0 Å². The van der Waals surface area contributed by atoms with E-state index in [1.165, 1.54) is 10.4 Å². The second kappa shape index (κ2) is 5.13. The fourth-order valence-corrected chi connectivity index (χ4v) is 4.24. The van der Waals surface area contributed by atoms with E-state index in [9.17, 15) is 0 Å². The van der Waals surface area contributed by atoms with E-state index in [0.29, 0.717) is 0 Å². The Morgan fingerprint density at radius 1 is 1.43 bits per heavy atom. The molecule has 3 aromatic rings. The summed E-state index contributed by atoms with van der Waals surface area (Å²) in [6.07, 6.45) is 1.11. The van der Waals surface area contributed by atoms with Crippen LogP contribution in [-0.4, -0.2) is 16.1 Å². The molecule has 2 aromatic heterocycles. The van der Waals surface area contributed by atoms with Crippen LogP contribution in [0.15, 0.2) is 29.6 Å². The lowest BCUT2D eigenvalue weighted by molar-refractivity contribution is 0.527. The minimum Gasteiger partial charge on any atom is -0.327 e. The maximum atomic E-state index is 6.15. The lowest BCUT2D eigenvalue weighted by atomic mass is 10.0. The van der Waals surface area contributed by atoms with Gasteiger partial charge in [0, 0.05) is 23.0 Å². The van der Waals surface area contributed by atoms with Crippen LogP contribution < -0.4 is 5.32 Å². The molecule has 0 saturated heterocycles. The number of fused-ring (bicyclic) bond motifs is 2. The van der Waals surface area contributed by atoms with Gasteiger partial charge in [-0.1, -0.05) is 11.6 Å². The van der Waals surface area contributed by atoms with Gasteiger partial charge in [0.2, 0.25) is 0 Å². The zero-order chi connectivity index (χ0) is 14.4. The van der Waals surface area contributed by atoms with Gasteiger partial charge < -0.3 is 9.88 Å². The normalized spacial score (nSPS) is 18.1. The first-order chi connectivity index (χ1) is 10.3. The zero-order valence-electron chi connectivity index (χ0n) is 11.8. The standard InChI is InChI=1S/C16H16ClN3S/c1-2-20-13-9-10(17)3-4-12(13)19-16(20)15-11-6-8-21-14(11)5-7-18-15/h3-4,6,8-9,15,18H,2,5,7H2,1H3. The Hall–Kier alpha value is -1.36. The number of thiophene rings is 1. The summed E-state index contributed by atoms with van der Waals surface area (Å²) in [6.45, 7) is 4.05. The van der Waals surface area contributed by atoms with Crippen molar-refractivity contribution in [1.82, 2.24) is 14.9 Å². The predicted octanol–water partition coefficient (Wildman–Crippen LogP) is 4.01. The second-order valence-electron chi connectivity index (χ2n) is 5.28. The molecule has 21 heavy (non-hydrogen) atoms. The summed E-state index contributed by atoms with van der Waals surface area (Å²) >= 11 is 8.00. The van der Waals surface area contributed by atoms with Gasteiger partial charge >= 0.3 is 0 Å². The molecule has 1 aliphatic heterocycles. The number of hydrogen-bond acceptors (Lipinski definition) is 3. The Balaban J connectivity index is 1.92. The smallest absolute Gasteiger partial charge is 0.131 e. The van der Waals surface area contributed by atoms with E-state index in [0.717, 1.165) is 41.4 Å². The van der Waals surface area contributed by atoms with Crippen molar-refractivity contribution in [2.75, 3.05) is 6.54 Å². The molecule has 1 atom stereocenters. The molecule has 0 fully saturated rings. The van der Waals surface area contributed by atoms with E-state index in [-0.39, 0.29) is 6.04 Å². The molecule has 0 amide bonds. The van der Waals surface area contributed by atoms with Crippen LogP contribution in [-0.2, 0) is 13.0 Å². The molecule has 108 valence electrons. The summed E-state index contributed by atoms with van der Waals surface area (Å²) in [5.41, 5.74) is 3.51. The maximum absolute atomic E-state index is 6.15. The van der Waals surface area contributed by atoms with E-state index in [1.807, 2.05) is 29.5 Å². The molecule has 4 rings (SSSR count). The van der Waals surface area contributed by atoms with Crippen LogP contribution in [0.1, 0.15) is 29.2 Å². The number of aromatic nitrogens is 2. The number of imidazole rings is 1. The zero-order valence-corrected chi connectivity index (χ0v) is 13.3. The lowest BCUT2D eigenvalue weighted by Crippen LogP contribution is -2.31. The van der Waals surface area contributed by atoms with E-state index >= 15 is 0 Å². The van der Waals surface area contributed by atoms with Gasteiger partial charge in [0.05, 0.1) is 17.1 Å². The molecule has 3 heterocycles. The Labute approximate surface area is 132 Å². The number of hydrogen-bond donors (Lipinski definition) is 1. The highest BCUT2D eigenvalue weighted by Gasteiger charge is 2.26. The Morgan fingerprint density at radius 3 is 3.19 bits per heavy atom. The first-order valence-electron chi connectivity index (χ1n) is 7.23. The quantitative estimate of drug-likeness (QED) is 0.774. The molecule has 0 aliphatic carbocycles. The summed E-state index contributed by atoms with van der Waals surface area (Å²) in [6, 6.07) is 8.33. The second-order valence-corrected chi connectivity index (χ2v) is 6.72. The Bertz CT molecular complexity index is 805. The largest absolute Gasteiger partial charge is 0.327 e. The SMILES string of the molecule is CCn1c(C2NCCc3sccc32)nc2ccc(Cl)cc21. The molecule has 1 unspecified atom stereocenters. The monoisotopic (exact) mass is 317 g/mol. The maximum Gasteiger partial charge on any atom is 0.131 e. The molecule has 3 nitrogen and oxygen atoms in total. The van der Waals surface area contributed by atoms with Crippen LogP contribution >= 0.6 is 22.9 Å². The number of nitrogens with one attached hydrogen (secondary N) is 1. The number of halogens is 1. The molecular weight excluding hydrogens is 302 g/mol. The van der Waals surface area contributed by atoms with Crippen LogP contribution in [0.5, 0.6) is 0 Å². The predicted molar refractivity (Wildman–Crippen MR) is 88.3 cm³/mol. The van der Waals surface area contributed by atoms with Gasteiger partial charge in [0.25, 0.3) is 0 Å². The minimum absolute atomic E-state index is 0.186. The summed E-state index contributed by atoms with van der Waals surface area (Å²) in [7, 11) is 0. The third-order valence-corrected chi connectivity index (χ3v) is 5.34.